The number of hydrogen-bond acceptors (Lipinski definition) is 2. The van der Waals surface area contributed by atoms with Crippen LogP contribution in [-0.4, -0.2) is 19.3 Å². The molecule has 1 N–H and O–H groups in total. The summed E-state index contributed by atoms with van der Waals surface area (Å²) in [5.41, 5.74) is 0.336. The topological polar surface area (TPSA) is 21.3 Å². The van der Waals surface area contributed by atoms with Crippen LogP contribution >= 0.6 is 0 Å². The minimum Gasteiger partial charge on any atom is -0.380 e. The van der Waals surface area contributed by atoms with Gasteiger partial charge in [0.1, 0.15) is 0 Å². The van der Waals surface area contributed by atoms with Crippen molar-refractivity contribution in [1.29, 1.82) is 0 Å². The molecule has 1 atom stereocenters. The van der Waals surface area contributed by atoms with Gasteiger partial charge in [-0.1, -0.05) is 12.1 Å². The summed E-state index contributed by atoms with van der Waals surface area (Å²) in [4.78, 5) is 0. The van der Waals surface area contributed by atoms with E-state index < -0.39 is 11.6 Å². The van der Waals surface area contributed by atoms with Crippen LogP contribution in [0.1, 0.15) is 19.4 Å². The monoisotopic (exact) mass is 229 g/mol. The van der Waals surface area contributed by atoms with Crippen LogP contribution in [0.5, 0.6) is 0 Å². The molecule has 1 aromatic rings. The predicted molar refractivity (Wildman–Crippen MR) is 59.2 cm³/mol. The zero-order valence-corrected chi connectivity index (χ0v) is 9.59. The Bertz CT molecular complexity index is 331. The summed E-state index contributed by atoms with van der Waals surface area (Å²) < 4.78 is 31.3. The van der Waals surface area contributed by atoms with Crippen LogP contribution in [0.15, 0.2) is 18.2 Å². The van der Waals surface area contributed by atoms with Gasteiger partial charge in [-0.3, -0.25) is 0 Å². The Morgan fingerprint density at radius 2 is 2.12 bits per heavy atom. The Morgan fingerprint density at radius 3 is 2.81 bits per heavy atom. The number of rotatable bonds is 6. The van der Waals surface area contributed by atoms with E-state index in [4.69, 9.17) is 4.74 Å². The molecule has 0 fully saturated rings. The number of ether oxygens (including phenoxy) is 1. The lowest BCUT2D eigenvalue weighted by molar-refractivity contribution is 0.127. The van der Waals surface area contributed by atoms with Crippen molar-refractivity contribution in [1.82, 2.24) is 5.32 Å². The number of nitrogens with one attached hydrogen (secondary N) is 1. The molecule has 0 saturated heterocycles. The van der Waals surface area contributed by atoms with Gasteiger partial charge >= 0.3 is 0 Å². The second-order valence-corrected chi connectivity index (χ2v) is 3.65. The third-order valence-electron chi connectivity index (χ3n) is 2.24. The second-order valence-electron chi connectivity index (χ2n) is 3.65. The van der Waals surface area contributed by atoms with Gasteiger partial charge in [-0.25, -0.2) is 8.78 Å². The number of benzene rings is 1. The highest BCUT2D eigenvalue weighted by atomic mass is 19.2. The Morgan fingerprint density at radius 1 is 1.38 bits per heavy atom. The van der Waals surface area contributed by atoms with Gasteiger partial charge in [-0.2, -0.15) is 0 Å². The molecular weight excluding hydrogens is 212 g/mol. The molecule has 0 bridgehead atoms. The number of halogens is 2. The Kier molecular flexibility index (Phi) is 5.35. The molecule has 0 aromatic heterocycles. The van der Waals surface area contributed by atoms with Crippen molar-refractivity contribution in [3.8, 4) is 0 Å². The van der Waals surface area contributed by atoms with Gasteiger partial charge < -0.3 is 10.1 Å². The SMILES string of the molecule is CCOCC(C)NCc1cccc(F)c1F. The first-order valence-electron chi connectivity index (χ1n) is 5.39. The van der Waals surface area contributed by atoms with Gasteiger partial charge in [0.25, 0.3) is 0 Å². The minimum atomic E-state index is -0.809. The van der Waals surface area contributed by atoms with E-state index in [1.807, 2.05) is 13.8 Å². The van der Waals surface area contributed by atoms with Crippen LogP contribution in [0.4, 0.5) is 8.78 Å². The van der Waals surface area contributed by atoms with Gasteiger partial charge in [-0.05, 0) is 19.9 Å². The maximum atomic E-state index is 13.3. The van der Waals surface area contributed by atoms with E-state index in [0.717, 1.165) is 6.07 Å². The lowest BCUT2D eigenvalue weighted by Crippen LogP contribution is -2.30. The molecule has 0 saturated carbocycles. The predicted octanol–water partition coefficient (Wildman–Crippen LogP) is 2.48. The fourth-order valence-corrected chi connectivity index (χ4v) is 1.32. The van der Waals surface area contributed by atoms with E-state index in [0.29, 0.717) is 25.3 Å². The maximum absolute atomic E-state index is 13.3. The summed E-state index contributed by atoms with van der Waals surface area (Å²) in [6, 6.07) is 4.30. The van der Waals surface area contributed by atoms with Gasteiger partial charge in [0, 0.05) is 24.8 Å². The van der Waals surface area contributed by atoms with E-state index in [1.54, 1.807) is 6.07 Å². The van der Waals surface area contributed by atoms with Gasteiger partial charge in [0.15, 0.2) is 11.6 Å². The zero-order valence-electron chi connectivity index (χ0n) is 9.59. The molecule has 0 radical (unpaired) electrons. The summed E-state index contributed by atoms with van der Waals surface area (Å²) in [6.45, 7) is 5.37. The fraction of sp³-hybridized carbons (Fsp3) is 0.500. The molecule has 0 aliphatic heterocycles. The Balaban J connectivity index is 2.45. The van der Waals surface area contributed by atoms with Crippen LogP contribution < -0.4 is 5.32 Å². The van der Waals surface area contributed by atoms with Gasteiger partial charge in [-0.15, -0.1) is 0 Å². The molecule has 1 unspecified atom stereocenters. The summed E-state index contributed by atoms with van der Waals surface area (Å²) in [6.07, 6.45) is 0. The molecule has 0 aliphatic rings. The van der Waals surface area contributed by atoms with E-state index in [1.165, 1.54) is 6.07 Å². The molecule has 0 aliphatic carbocycles. The first-order chi connectivity index (χ1) is 7.65. The highest BCUT2D eigenvalue weighted by Crippen LogP contribution is 2.10. The van der Waals surface area contributed by atoms with Crippen molar-refractivity contribution >= 4 is 0 Å². The second kappa shape index (κ2) is 6.55. The lowest BCUT2D eigenvalue weighted by Gasteiger charge is -2.13. The highest BCUT2D eigenvalue weighted by Gasteiger charge is 2.08. The average Bonchev–Trinajstić information content (AvgIpc) is 2.28. The highest BCUT2D eigenvalue weighted by molar-refractivity contribution is 5.18. The largest absolute Gasteiger partial charge is 0.380 e. The molecular formula is C12H17F2NO. The molecule has 2 nitrogen and oxygen atoms in total. The maximum Gasteiger partial charge on any atom is 0.163 e. The van der Waals surface area contributed by atoms with Crippen molar-refractivity contribution in [2.75, 3.05) is 13.2 Å². The van der Waals surface area contributed by atoms with Crippen molar-refractivity contribution in [2.45, 2.75) is 26.4 Å². The van der Waals surface area contributed by atoms with Crippen molar-refractivity contribution in [3.63, 3.8) is 0 Å². The fourth-order valence-electron chi connectivity index (χ4n) is 1.32. The van der Waals surface area contributed by atoms with Crippen LogP contribution in [-0.2, 0) is 11.3 Å². The molecule has 1 aromatic carbocycles. The van der Waals surface area contributed by atoms with Crippen LogP contribution in [0.3, 0.4) is 0 Å². The Hall–Kier alpha value is -1.00. The molecule has 4 heteroatoms. The van der Waals surface area contributed by atoms with Gasteiger partial charge in [0.2, 0.25) is 0 Å². The van der Waals surface area contributed by atoms with Crippen molar-refractivity contribution in [2.24, 2.45) is 0 Å². The standard InChI is InChI=1S/C12H17F2NO/c1-3-16-8-9(2)15-7-10-5-4-6-11(13)12(10)14/h4-6,9,15H,3,7-8H2,1-2H3. The van der Waals surface area contributed by atoms with E-state index in [-0.39, 0.29) is 6.04 Å². The summed E-state index contributed by atoms with van der Waals surface area (Å²) in [5.74, 6) is -1.59. The third kappa shape index (κ3) is 3.87. The number of hydrogen-bond donors (Lipinski definition) is 1. The lowest BCUT2D eigenvalue weighted by atomic mass is 10.2. The van der Waals surface area contributed by atoms with Gasteiger partial charge in [0.05, 0.1) is 6.61 Å². The Labute approximate surface area is 94.6 Å². The normalized spacial score (nSPS) is 12.8. The van der Waals surface area contributed by atoms with Crippen LogP contribution in [0.25, 0.3) is 0 Å². The van der Waals surface area contributed by atoms with Crippen molar-refractivity contribution in [3.05, 3.63) is 35.4 Å². The zero-order chi connectivity index (χ0) is 12.0. The average molecular weight is 229 g/mol. The molecule has 0 amide bonds. The van der Waals surface area contributed by atoms with Crippen LogP contribution in [0.2, 0.25) is 0 Å². The summed E-state index contributed by atoms with van der Waals surface area (Å²) in [7, 11) is 0. The first kappa shape index (κ1) is 13.1. The van der Waals surface area contributed by atoms with E-state index in [2.05, 4.69) is 5.32 Å². The molecule has 1 rings (SSSR count). The molecule has 16 heavy (non-hydrogen) atoms. The van der Waals surface area contributed by atoms with E-state index in [9.17, 15) is 8.78 Å². The van der Waals surface area contributed by atoms with Crippen LogP contribution in [0, 0.1) is 11.6 Å². The third-order valence-corrected chi connectivity index (χ3v) is 2.24. The van der Waals surface area contributed by atoms with E-state index >= 15 is 0 Å². The quantitative estimate of drug-likeness (QED) is 0.809. The molecule has 0 heterocycles. The van der Waals surface area contributed by atoms with Crippen molar-refractivity contribution < 1.29 is 13.5 Å². The minimum absolute atomic E-state index is 0.114. The summed E-state index contributed by atoms with van der Waals surface area (Å²) >= 11 is 0. The smallest absolute Gasteiger partial charge is 0.163 e. The first-order valence-corrected chi connectivity index (χ1v) is 5.39. The molecule has 90 valence electrons. The summed E-state index contributed by atoms with van der Waals surface area (Å²) in [5, 5.41) is 3.07. The molecule has 0 spiro atoms.